The van der Waals surface area contributed by atoms with E-state index in [0.717, 1.165) is 42.7 Å². The molecule has 1 aliphatic rings. The number of anilines is 2. The number of hydrogen-bond donors (Lipinski definition) is 1. The predicted molar refractivity (Wildman–Crippen MR) is 91.8 cm³/mol. The average molecular weight is 330 g/mol. The number of aryl methyl sites for hydroxylation is 1. The maximum Gasteiger partial charge on any atom is 0.249 e. The van der Waals surface area contributed by atoms with Crippen LogP contribution in [0.3, 0.4) is 0 Å². The fraction of sp³-hybridized carbons (Fsp3) is 0.312. The third kappa shape index (κ3) is 4.37. The molecule has 1 saturated heterocycles. The molecule has 0 radical (unpaired) electrons. The molecule has 7 heteroatoms. The minimum Gasteiger partial charge on any atom is -0.378 e. The van der Waals surface area contributed by atoms with Gasteiger partial charge in [0.05, 0.1) is 35.8 Å². The van der Waals surface area contributed by atoms with Crippen LogP contribution in [-0.2, 0) is 9.53 Å². The van der Waals surface area contributed by atoms with Crippen molar-refractivity contribution in [3.8, 4) is 0 Å². The second-order valence-corrected chi connectivity index (χ2v) is 6.18. The molecule has 1 N–H and O–H groups in total. The monoisotopic (exact) mass is 330 g/mol. The standard InChI is InChI=1S/C16H18N4O2S/c1-12-18-13(11-23-12)2-5-16(21)19-15-4-3-14(10-17-15)20-6-8-22-9-7-20/h2-5,10-11H,6-9H2,1H3,(H,17,19,21). The van der Waals surface area contributed by atoms with Gasteiger partial charge in [-0.3, -0.25) is 4.79 Å². The molecule has 0 saturated carbocycles. The molecular weight excluding hydrogens is 312 g/mol. The second kappa shape index (κ2) is 7.34. The maximum atomic E-state index is 11.9. The summed E-state index contributed by atoms with van der Waals surface area (Å²) < 4.78 is 5.33. The highest BCUT2D eigenvalue weighted by molar-refractivity contribution is 7.09. The molecule has 6 nitrogen and oxygen atoms in total. The van der Waals surface area contributed by atoms with Crippen LogP contribution in [0.5, 0.6) is 0 Å². The Labute approximate surface area is 138 Å². The molecule has 0 spiro atoms. The van der Waals surface area contributed by atoms with Gasteiger partial charge >= 0.3 is 0 Å². The predicted octanol–water partition coefficient (Wildman–Crippen LogP) is 2.34. The van der Waals surface area contributed by atoms with Gasteiger partial charge in [-0.05, 0) is 25.1 Å². The molecule has 1 fully saturated rings. The van der Waals surface area contributed by atoms with Crippen LogP contribution in [0.1, 0.15) is 10.7 Å². The first kappa shape index (κ1) is 15.6. The topological polar surface area (TPSA) is 67.4 Å². The van der Waals surface area contributed by atoms with Crippen LogP contribution in [-0.4, -0.2) is 42.2 Å². The van der Waals surface area contributed by atoms with Gasteiger partial charge in [-0.1, -0.05) is 0 Å². The van der Waals surface area contributed by atoms with Crippen molar-refractivity contribution in [1.29, 1.82) is 0 Å². The van der Waals surface area contributed by atoms with Crippen molar-refractivity contribution in [2.24, 2.45) is 0 Å². The smallest absolute Gasteiger partial charge is 0.249 e. The minimum atomic E-state index is -0.220. The largest absolute Gasteiger partial charge is 0.378 e. The van der Waals surface area contributed by atoms with Crippen LogP contribution in [0.15, 0.2) is 29.8 Å². The molecule has 2 aromatic heterocycles. The van der Waals surface area contributed by atoms with Crippen LogP contribution < -0.4 is 10.2 Å². The lowest BCUT2D eigenvalue weighted by molar-refractivity contribution is -0.111. The Balaban J connectivity index is 1.57. The zero-order valence-electron chi connectivity index (χ0n) is 12.9. The first-order valence-electron chi connectivity index (χ1n) is 7.41. The molecule has 1 aliphatic heterocycles. The Morgan fingerprint density at radius 2 is 2.22 bits per heavy atom. The molecule has 0 bridgehead atoms. The molecule has 0 unspecified atom stereocenters. The number of nitrogens with zero attached hydrogens (tertiary/aromatic N) is 3. The van der Waals surface area contributed by atoms with Crippen LogP contribution in [0, 0.1) is 6.92 Å². The molecule has 3 heterocycles. The number of amides is 1. The summed E-state index contributed by atoms with van der Waals surface area (Å²) in [4.78, 5) is 22.7. The third-order valence-corrected chi connectivity index (χ3v) is 4.21. The summed E-state index contributed by atoms with van der Waals surface area (Å²) in [7, 11) is 0. The van der Waals surface area contributed by atoms with Gasteiger partial charge in [0.15, 0.2) is 0 Å². The normalized spacial score (nSPS) is 15.1. The van der Waals surface area contributed by atoms with Gasteiger partial charge in [-0.15, -0.1) is 11.3 Å². The van der Waals surface area contributed by atoms with Crippen LogP contribution in [0.4, 0.5) is 11.5 Å². The first-order chi connectivity index (χ1) is 11.2. The van der Waals surface area contributed by atoms with Crippen molar-refractivity contribution in [2.45, 2.75) is 6.92 Å². The van der Waals surface area contributed by atoms with Crippen LogP contribution in [0.25, 0.3) is 6.08 Å². The van der Waals surface area contributed by atoms with E-state index in [0.29, 0.717) is 5.82 Å². The van der Waals surface area contributed by atoms with E-state index >= 15 is 0 Å². The molecule has 0 aromatic carbocycles. The van der Waals surface area contributed by atoms with Crippen LogP contribution >= 0.6 is 11.3 Å². The number of carbonyl (C=O) groups is 1. The summed E-state index contributed by atoms with van der Waals surface area (Å²) in [5.41, 5.74) is 1.83. The highest BCUT2D eigenvalue weighted by Gasteiger charge is 2.11. The highest BCUT2D eigenvalue weighted by Crippen LogP contribution is 2.16. The summed E-state index contributed by atoms with van der Waals surface area (Å²) in [5.74, 6) is 0.313. The number of aromatic nitrogens is 2. The van der Waals surface area contributed by atoms with Gasteiger partial charge in [0.1, 0.15) is 5.82 Å². The van der Waals surface area contributed by atoms with E-state index < -0.39 is 0 Å². The van der Waals surface area contributed by atoms with Crippen molar-refractivity contribution in [3.05, 3.63) is 40.5 Å². The van der Waals surface area contributed by atoms with E-state index in [1.807, 2.05) is 24.4 Å². The summed E-state index contributed by atoms with van der Waals surface area (Å²) >= 11 is 1.56. The van der Waals surface area contributed by atoms with Gasteiger partial charge in [0.2, 0.25) is 5.91 Å². The summed E-state index contributed by atoms with van der Waals surface area (Å²) in [6, 6.07) is 3.77. The lowest BCUT2D eigenvalue weighted by Crippen LogP contribution is -2.36. The fourth-order valence-corrected chi connectivity index (χ4v) is 2.83. The van der Waals surface area contributed by atoms with Gasteiger partial charge in [0.25, 0.3) is 0 Å². The third-order valence-electron chi connectivity index (χ3n) is 3.42. The van der Waals surface area contributed by atoms with E-state index in [1.54, 1.807) is 23.6 Å². The summed E-state index contributed by atoms with van der Waals surface area (Å²) in [5, 5.41) is 5.63. The number of rotatable bonds is 4. The van der Waals surface area contributed by atoms with E-state index in [2.05, 4.69) is 20.2 Å². The fourth-order valence-electron chi connectivity index (χ4n) is 2.25. The Morgan fingerprint density at radius 3 is 2.87 bits per heavy atom. The Kier molecular flexibility index (Phi) is 4.99. The van der Waals surface area contributed by atoms with Crippen molar-refractivity contribution in [2.75, 3.05) is 36.5 Å². The van der Waals surface area contributed by atoms with Crippen molar-refractivity contribution >= 4 is 34.8 Å². The van der Waals surface area contributed by atoms with Gasteiger partial charge in [-0.25, -0.2) is 9.97 Å². The zero-order valence-corrected chi connectivity index (χ0v) is 13.7. The zero-order chi connectivity index (χ0) is 16.1. The molecule has 120 valence electrons. The Hall–Kier alpha value is -2.25. The van der Waals surface area contributed by atoms with E-state index in [4.69, 9.17) is 4.74 Å². The Bertz CT molecular complexity index is 690. The molecule has 23 heavy (non-hydrogen) atoms. The van der Waals surface area contributed by atoms with Crippen molar-refractivity contribution < 1.29 is 9.53 Å². The lowest BCUT2D eigenvalue weighted by Gasteiger charge is -2.28. The first-order valence-corrected chi connectivity index (χ1v) is 8.28. The minimum absolute atomic E-state index is 0.220. The number of pyridine rings is 1. The molecule has 2 aromatic rings. The van der Waals surface area contributed by atoms with Crippen molar-refractivity contribution in [1.82, 2.24) is 9.97 Å². The highest BCUT2D eigenvalue weighted by atomic mass is 32.1. The van der Waals surface area contributed by atoms with Gasteiger partial charge in [-0.2, -0.15) is 0 Å². The molecule has 0 atom stereocenters. The van der Waals surface area contributed by atoms with Crippen molar-refractivity contribution in [3.63, 3.8) is 0 Å². The molecular formula is C16H18N4O2S. The number of nitrogens with one attached hydrogen (secondary N) is 1. The number of thiazole rings is 1. The van der Waals surface area contributed by atoms with Crippen LogP contribution in [0.2, 0.25) is 0 Å². The number of carbonyl (C=O) groups excluding carboxylic acids is 1. The maximum absolute atomic E-state index is 11.9. The molecule has 3 rings (SSSR count). The Morgan fingerprint density at radius 1 is 1.39 bits per heavy atom. The average Bonchev–Trinajstić information content (AvgIpc) is 3.00. The molecule has 1 amide bonds. The van der Waals surface area contributed by atoms with E-state index in [-0.39, 0.29) is 5.91 Å². The number of morpholine rings is 1. The van der Waals surface area contributed by atoms with Gasteiger partial charge in [0, 0.05) is 24.5 Å². The van der Waals surface area contributed by atoms with E-state index in [9.17, 15) is 4.79 Å². The van der Waals surface area contributed by atoms with E-state index in [1.165, 1.54) is 6.08 Å². The summed E-state index contributed by atoms with van der Waals surface area (Å²) in [6.45, 7) is 5.13. The quantitative estimate of drug-likeness (QED) is 0.872. The number of ether oxygens (including phenoxy) is 1. The summed E-state index contributed by atoms with van der Waals surface area (Å²) in [6.07, 6.45) is 4.93. The SMILES string of the molecule is Cc1nc(C=CC(=O)Nc2ccc(N3CCOCC3)cn2)cs1. The number of hydrogen-bond acceptors (Lipinski definition) is 6. The molecule has 0 aliphatic carbocycles. The lowest BCUT2D eigenvalue weighted by atomic mass is 10.3. The second-order valence-electron chi connectivity index (χ2n) is 5.12. The van der Waals surface area contributed by atoms with Gasteiger partial charge < -0.3 is 15.0 Å².